The maximum absolute atomic E-state index is 10.8. The summed E-state index contributed by atoms with van der Waals surface area (Å²) in [6.45, 7) is 2.94. The molecule has 1 aliphatic rings. The highest BCUT2D eigenvalue weighted by Gasteiger charge is 2.16. The van der Waals surface area contributed by atoms with Crippen LogP contribution < -0.4 is 10.1 Å². The summed E-state index contributed by atoms with van der Waals surface area (Å²) in [4.78, 5) is 11.7. The van der Waals surface area contributed by atoms with Crippen molar-refractivity contribution in [2.75, 3.05) is 13.3 Å². The highest BCUT2D eigenvalue weighted by Crippen LogP contribution is 2.31. The van der Waals surface area contributed by atoms with Crippen LogP contribution in [0.1, 0.15) is 18.1 Å². The Morgan fingerprint density at radius 2 is 2.35 bits per heavy atom. The van der Waals surface area contributed by atoms with Crippen molar-refractivity contribution < 1.29 is 14.3 Å². The van der Waals surface area contributed by atoms with Crippen molar-refractivity contribution in [2.45, 2.75) is 24.8 Å². The molecule has 17 heavy (non-hydrogen) atoms. The van der Waals surface area contributed by atoms with E-state index >= 15 is 0 Å². The molecule has 2 rings (SSSR count). The molecule has 1 N–H and O–H groups in total. The fourth-order valence-corrected chi connectivity index (χ4v) is 2.17. The van der Waals surface area contributed by atoms with Crippen LogP contribution in [0.15, 0.2) is 17.0 Å². The molecular weight excluding hydrogens is 238 g/mol. The molecule has 0 unspecified atom stereocenters. The lowest BCUT2D eigenvalue weighted by Gasteiger charge is -2.21. The van der Waals surface area contributed by atoms with Crippen LogP contribution in [0.2, 0.25) is 0 Å². The number of benzene rings is 1. The van der Waals surface area contributed by atoms with Crippen LogP contribution in [0.4, 0.5) is 0 Å². The van der Waals surface area contributed by atoms with Crippen molar-refractivity contribution in [3.05, 3.63) is 23.3 Å². The van der Waals surface area contributed by atoms with Crippen LogP contribution in [0.3, 0.4) is 0 Å². The number of carbonyl (C=O) groups excluding carboxylic acids is 1. The van der Waals surface area contributed by atoms with Gasteiger partial charge >= 0.3 is 0 Å². The van der Waals surface area contributed by atoms with Crippen molar-refractivity contribution in [1.82, 2.24) is 5.32 Å². The Morgan fingerprint density at radius 3 is 3.12 bits per heavy atom. The maximum Gasteiger partial charge on any atom is 0.216 e. The van der Waals surface area contributed by atoms with E-state index in [2.05, 4.69) is 17.9 Å². The molecule has 1 aromatic rings. The summed E-state index contributed by atoms with van der Waals surface area (Å²) in [5.41, 5.74) is 2.12. The van der Waals surface area contributed by atoms with E-state index < -0.39 is 0 Å². The third-order valence-corrected chi connectivity index (χ3v) is 3.08. The van der Waals surface area contributed by atoms with Gasteiger partial charge in [-0.25, -0.2) is 0 Å². The zero-order valence-electron chi connectivity index (χ0n) is 9.66. The third-order valence-electron chi connectivity index (χ3n) is 2.66. The number of rotatable bonds is 3. The number of hydrogen-bond acceptors (Lipinski definition) is 4. The molecule has 0 fully saturated rings. The minimum absolute atomic E-state index is 0.0250. The molecule has 0 saturated carbocycles. The van der Waals surface area contributed by atoms with Gasteiger partial charge in [0.15, 0.2) is 6.79 Å². The Labute approximate surface area is 106 Å². The molecule has 0 radical (unpaired) electrons. The van der Waals surface area contributed by atoms with Crippen LogP contribution in [0.5, 0.6) is 5.75 Å². The van der Waals surface area contributed by atoms with E-state index in [0.29, 0.717) is 19.9 Å². The largest absolute Gasteiger partial charge is 0.467 e. The smallest absolute Gasteiger partial charge is 0.216 e. The Kier molecular flexibility index (Phi) is 3.91. The van der Waals surface area contributed by atoms with E-state index in [0.717, 1.165) is 28.2 Å². The lowest BCUT2D eigenvalue weighted by atomic mass is 10.0. The minimum atomic E-state index is -0.0250. The first-order valence-corrected chi connectivity index (χ1v) is 5.92. The number of ether oxygens (including phenoxy) is 2. The van der Waals surface area contributed by atoms with E-state index in [-0.39, 0.29) is 5.91 Å². The molecule has 0 atom stereocenters. The summed E-state index contributed by atoms with van der Waals surface area (Å²) < 4.78 is 10.7. The number of thiol groups is 1. The number of amides is 1. The first-order valence-electron chi connectivity index (χ1n) is 5.47. The van der Waals surface area contributed by atoms with Crippen molar-refractivity contribution in [3.8, 4) is 5.75 Å². The average Bonchev–Trinajstić information content (AvgIpc) is 2.32. The van der Waals surface area contributed by atoms with Crippen LogP contribution in [-0.4, -0.2) is 19.2 Å². The summed E-state index contributed by atoms with van der Waals surface area (Å²) in [7, 11) is 0. The Morgan fingerprint density at radius 1 is 1.53 bits per heavy atom. The second-order valence-corrected chi connectivity index (χ2v) is 4.37. The van der Waals surface area contributed by atoms with Gasteiger partial charge in [0.2, 0.25) is 5.91 Å². The van der Waals surface area contributed by atoms with Gasteiger partial charge in [0.25, 0.3) is 0 Å². The lowest BCUT2D eigenvalue weighted by molar-refractivity contribution is -0.118. The van der Waals surface area contributed by atoms with Gasteiger partial charge in [-0.05, 0) is 24.1 Å². The molecule has 5 heteroatoms. The standard InChI is InChI=1S/C12H15NO3S/c1-8(14)13-5-4-9-10-6-15-7-16-11(10)2-3-12(9)17/h2-3,17H,4-7H2,1H3,(H,13,14). The summed E-state index contributed by atoms with van der Waals surface area (Å²) in [6.07, 6.45) is 0.730. The van der Waals surface area contributed by atoms with Gasteiger partial charge in [-0.1, -0.05) is 0 Å². The van der Waals surface area contributed by atoms with Gasteiger partial charge < -0.3 is 14.8 Å². The molecule has 1 aromatic carbocycles. The van der Waals surface area contributed by atoms with Crippen LogP contribution >= 0.6 is 12.6 Å². The summed E-state index contributed by atoms with van der Waals surface area (Å²) in [5.74, 6) is 0.829. The number of fused-ring (bicyclic) bond motifs is 1. The highest BCUT2D eigenvalue weighted by atomic mass is 32.1. The summed E-state index contributed by atoms with van der Waals surface area (Å²) >= 11 is 4.43. The SMILES string of the molecule is CC(=O)NCCc1c(S)ccc2c1COCO2. The summed E-state index contributed by atoms with van der Waals surface area (Å²) in [6, 6.07) is 3.82. The zero-order valence-corrected chi connectivity index (χ0v) is 10.5. The van der Waals surface area contributed by atoms with Crippen molar-refractivity contribution >= 4 is 18.5 Å². The normalized spacial score (nSPS) is 13.8. The van der Waals surface area contributed by atoms with E-state index in [1.54, 1.807) is 0 Å². The molecule has 0 saturated heterocycles. The van der Waals surface area contributed by atoms with Gasteiger partial charge in [0, 0.05) is 23.9 Å². The predicted molar refractivity (Wildman–Crippen MR) is 66.4 cm³/mol. The first kappa shape index (κ1) is 12.3. The van der Waals surface area contributed by atoms with Crippen molar-refractivity contribution in [2.24, 2.45) is 0 Å². The summed E-state index contributed by atoms with van der Waals surface area (Å²) in [5, 5.41) is 2.77. The predicted octanol–water partition coefficient (Wildman–Crippen LogP) is 1.52. The Bertz CT molecular complexity index is 434. The fraction of sp³-hybridized carbons (Fsp3) is 0.417. The van der Waals surface area contributed by atoms with Crippen molar-refractivity contribution in [1.29, 1.82) is 0 Å². The van der Waals surface area contributed by atoms with Crippen LogP contribution in [-0.2, 0) is 22.6 Å². The number of carbonyl (C=O) groups is 1. The monoisotopic (exact) mass is 253 g/mol. The lowest BCUT2D eigenvalue weighted by Crippen LogP contribution is -2.23. The highest BCUT2D eigenvalue weighted by molar-refractivity contribution is 7.80. The number of hydrogen-bond donors (Lipinski definition) is 2. The molecular formula is C12H15NO3S. The molecule has 0 bridgehead atoms. The quantitative estimate of drug-likeness (QED) is 0.803. The first-order chi connectivity index (χ1) is 8.18. The van der Waals surface area contributed by atoms with Gasteiger partial charge in [-0.15, -0.1) is 12.6 Å². The van der Waals surface area contributed by atoms with E-state index in [9.17, 15) is 4.79 Å². The molecule has 1 amide bonds. The van der Waals surface area contributed by atoms with Gasteiger partial charge in [0.05, 0.1) is 6.61 Å². The molecule has 1 aliphatic heterocycles. The molecule has 4 nitrogen and oxygen atoms in total. The van der Waals surface area contributed by atoms with Crippen LogP contribution in [0.25, 0.3) is 0 Å². The Balaban J connectivity index is 2.16. The van der Waals surface area contributed by atoms with Gasteiger partial charge in [-0.3, -0.25) is 4.79 Å². The fourth-order valence-electron chi connectivity index (χ4n) is 1.84. The van der Waals surface area contributed by atoms with E-state index in [1.807, 2.05) is 12.1 Å². The third kappa shape index (κ3) is 2.92. The second-order valence-electron chi connectivity index (χ2n) is 3.88. The average molecular weight is 253 g/mol. The minimum Gasteiger partial charge on any atom is -0.467 e. The second kappa shape index (κ2) is 5.42. The zero-order chi connectivity index (χ0) is 12.3. The van der Waals surface area contributed by atoms with E-state index in [1.165, 1.54) is 6.92 Å². The van der Waals surface area contributed by atoms with Crippen molar-refractivity contribution in [3.63, 3.8) is 0 Å². The molecule has 92 valence electrons. The molecule has 0 aliphatic carbocycles. The molecule has 0 aromatic heterocycles. The molecule has 1 heterocycles. The topological polar surface area (TPSA) is 47.6 Å². The Hall–Kier alpha value is -1.20. The van der Waals surface area contributed by atoms with Gasteiger partial charge in [-0.2, -0.15) is 0 Å². The number of nitrogens with one attached hydrogen (secondary N) is 1. The van der Waals surface area contributed by atoms with Gasteiger partial charge in [0.1, 0.15) is 5.75 Å². The van der Waals surface area contributed by atoms with E-state index in [4.69, 9.17) is 9.47 Å². The van der Waals surface area contributed by atoms with Crippen LogP contribution in [0, 0.1) is 0 Å². The molecule has 0 spiro atoms. The maximum atomic E-state index is 10.8.